The summed E-state index contributed by atoms with van der Waals surface area (Å²) < 4.78 is 6.09. The summed E-state index contributed by atoms with van der Waals surface area (Å²) >= 11 is 3.30. The number of halogens is 1. The minimum Gasteiger partial charge on any atom is -0.494 e. The molecule has 1 rings (SSSR count). The Kier molecular flexibility index (Phi) is 3.95. The molecule has 0 aliphatic rings. The van der Waals surface area contributed by atoms with Crippen LogP contribution in [0, 0.1) is 0 Å². The van der Waals surface area contributed by atoms with Gasteiger partial charge < -0.3 is 9.84 Å². The van der Waals surface area contributed by atoms with Gasteiger partial charge >= 0.3 is 5.97 Å². The number of carbonyl (C=O) groups is 1. The van der Waals surface area contributed by atoms with E-state index in [1.807, 2.05) is 13.0 Å². The number of aliphatic carboxylic acids is 1. The van der Waals surface area contributed by atoms with E-state index in [1.165, 1.54) is 0 Å². The fourth-order valence-corrected chi connectivity index (χ4v) is 1.64. The molecule has 0 fully saturated rings. The molecular formula is C10H11BrO3. The van der Waals surface area contributed by atoms with Gasteiger partial charge in [0.15, 0.2) is 0 Å². The van der Waals surface area contributed by atoms with E-state index >= 15 is 0 Å². The predicted molar refractivity (Wildman–Crippen MR) is 56.7 cm³/mol. The molecule has 0 heterocycles. The van der Waals surface area contributed by atoms with Crippen LogP contribution in [0.5, 0.6) is 5.75 Å². The molecule has 0 aliphatic heterocycles. The second-order valence-electron chi connectivity index (χ2n) is 2.72. The molecule has 0 aliphatic carbocycles. The van der Waals surface area contributed by atoms with Crippen molar-refractivity contribution in [2.45, 2.75) is 13.3 Å². The highest BCUT2D eigenvalue weighted by Gasteiger charge is 2.10. The number of benzene rings is 1. The lowest BCUT2D eigenvalue weighted by molar-refractivity contribution is -0.136. The van der Waals surface area contributed by atoms with Crippen LogP contribution in [0.3, 0.4) is 0 Å². The van der Waals surface area contributed by atoms with Gasteiger partial charge in [-0.3, -0.25) is 4.79 Å². The van der Waals surface area contributed by atoms with Gasteiger partial charge in [-0.05, 0) is 19.1 Å². The molecule has 0 amide bonds. The van der Waals surface area contributed by atoms with E-state index in [4.69, 9.17) is 9.84 Å². The Hall–Kier alpha value is -1.03. The smallest absolute Gasteiger partial charge is 0.308 e. The Labute approximate surface area is 90.8 Å². The fourth-order valence-electron chi connectivity index (χ4n) is 1.15. The molecule has 0 radical (unpaired) electrons. The molecule has 0 saturated carbocycles. The molecule has 0 bridgehead atoms. The molecule has 0 unspecified atom stereocenters. The van der Waals surface area contributed by atoms with Crippen molar-refractivity contribution in [3.8, 4) is 5.75 Å². The van der Waals surface area contributed by atoms with Crippen LogP contribution in [0.25, 0.3) is 0 Å². The van der Waals surface area contributed by atoms with E-state index in [0.29, 0.717) is 17.9 Å². The van der Waals surface area contributed by atoms with Gasteiger partial charge in [0.2, 0.25) is 0 Å². The predicted octanol–water partition coefficient (Wildman–Crippen LogP) is 2.47. The van der Waals surface area contributed by atoms with Crippen molar-refractivity contribution >= 4 is 21.9 Å². The summed E-state index contributed by atoms with van der Waals surface area (Å²) in [5.74, 6) is -0.234. The standard InChI is InChI=1S/C10H11BrO3/c1-2-14-9-5-3-4-8(11)7(9)6-10(12)13/h3-5H,2,6H2,1H3,(H,12,13). The molecule has 0 aromatic heterocycles. The Balaban J connectivity index is 3.02. The number of carboxylic acid groups (broad SMARTS) is 1. The third kappa shape index (κ3) is 2.73. The van der Waals surface area contributed by atoms with Crippen molar-refractivity contribution in [3.05, 3.63) is 28.2 Å². The zero-order chi connectivity index (χ0) is 10.6. The van der Waals surface area contributed by atoms with E-state index < -0.39 is 5.97 Å². The fraction of sp³-hybridized carbons (Fsp3) is 0.300. The summed E-state index contributed by atoms with van der Waals surface area (Å²) in [6.07, 6.45) is -0.0310. The van der Waals surface area contributed by atoms with E-state index in [1.54, 1.807) is 12.1 Å². The second-order valence-corrected chi connectivity index (χ2v) is 3.57. The lowest BCUT2D eigenvalue weighted by Crippen LogP contribution is -2.04. The van der Waals surface area contributed by atoms with E-state index in [2.05, 4.69) is 15.9 Å². The first kappa shape index (κ1) is 11.0. The molecule has 14 heavy (non-hydrogen) atoms. The average Bonchev–Trinajstić information content (AvgIpc) is 2.11. The topological polar surface area (TPSA) is 46.5 Å². The second kappa shape index (κ2) is 5.00. The van der Waals surface area contributed by atoms with Gasteiger partial charge in [-0.25, -0.2) is 0 Å². The van der Waals surface area contributed by atoms with Gasteiger partial charge in [0.05, 0.1) is 13.0 Å². The van der Waals surface area contributed by atoms with Crippen molar-refractivity contribution in [2.24, 2.45) is 0 Å². The zero-order valence-electron chi connectivity index (χ0n) is 7.79. The van der Waals surface area contributed by atoms with Crippen molar-refractivity contribution < 1.29 is 14.6 Å². The van der Waals surface area contributed by atoms with Crippen LogP contribution in [0.15, 0.2) is 22.7 Å². The molecule has 4 heteroatoms. The summed E-state index contributed by atoms with van der Waals surface area (Å²) in [5, 5.41) is 8.71. The maximum atomic E-state index is 10.6. The quantitative estimate of drug-likeness (QED) is 0.903. The summed E-state index contributed by atoms with van der Waals surface area (Å²) in [6, 6.07) is 5.40. The maximum Gasteiger partial charge on any atom is 0.308 e. The summed E-state index contributed by atoms with van der Waals surface area (Å²) in [6.45, 7) is 2.40. The molecule has 1 aromatic carbocycles. The first-order valence-corrected chi connectivity index (χ1v) is 5.06. The van der Waals surface area contributed by atoms with E-state index in [-0.39, 0.29) is 6.42 Å². The van der Waals surface area contributed by atoms with E-state index in [0.717, 1.165) is 4.47 Å². The van der Waals surface area contributed by atoms with Crippen LogP contribution in [-0.4, -0.2) is 17.7 Å². The number of carboxylic acids is 1. The van der Waals surface area contributed by atoms with Crippen LogP contribution in [-0.2, 0) is 11.2 Å². The monoisotopic (exact) mass is 258 g/mol. The van der Waals surface area contributed by atoms with Crippen molar-refractivity contribution in [2.75, 3.05) is 6.61 Å². The van der Waals surface area contributed by atoms with Gasteiger partial charge in [-0.15, -0.1) is 0 Å². The summed E-state index contributed by atoms with van der Waals surface area (Å²) in [4.78, 5) is 10.6. The lowest BCUT2D eigenvalue weighted by Gasteiger charge is -2.09. The van der Waals surface area contributed by atoms with Crippen molar-refractivity contribution in [1.82, 2.24) is 0 Å². The minimum atomic E-state index is -0.863. The SMILES string of the molecule is CCOc1cccc(Br)c1CC(=O)O. The Morgan fingerprint density at radius 2 is 2.29 bits per heavy atom. The third-order valence-corrected chi connectivity index (χ3v) is 2.45. The molecule has 1 N–H and O–H groups in total. The number of hydrogen-bond acceptors (Lipinski definition) is 2. The van der Waals surface area contributed by atoms with Crippen LogP contribution in [0.2, 0.25) is 0 Å². The minimum absolute atomic E-state index is 0.0310. The molecular weight excluding hydrogens is 248 g/mol. The van der Waals surface area contributed by atoms with Crippen LogP contribution in [0.1, 0.15) is 12.5 Å². The van der Waals surface area contributed by atoms with Gasteiger partial charge in [-0.2, -0.15) is 0 Å². The van der Waals surface area contributed by atoms with Gasteiger partial charge in [0.25, 0.3) is 0 Å². The van der Waals surface area contributed by atoms with Crippen molar-refractivity contribution in [1.29, 1.82) is 0 Å². The largest absolute Gasteiger partial charge is 0.494 e. The van der Waals surface area contributed by atoms with Gasteiger partial charge in [0, 0.05) is 10.0 Å². The maximum absolute atomic E-state index is 10.6. The summed E-state index contributed by atoms with van der Waals surface area (Å²) in [7, 11) is 0. The highest BCUT2D eigenvalue weighted by Crippen LogP contribution is 2.27. The van der Waals surface area contributed by atoms with Crippen LogP contribution >= 0.6 is 15.9 Å². The van der Waals surface area contributed by atoms with Crippen molar-refractivity contribution in [3.63, 3.8) is 0 Å². The van der Waals surface area contributed by atoms with Crippen LogP contribution in [0.4, 0.5) is 0 Å². The summed E-state index contributed by atoms with van der Waals surface area (Å²) in [5.41, 5.74) is 0.682. The molecule has 76 valence electrons. The zero-order valence-corrected chi connectivity index (χ0v) is 9.37. The first-order chi connectivity index (χ1) is 6.65. The Bertz CT molecular complexity index is 336. The van der Waals surface area contributed by atoms with Gasteiger partial charge in [-0.1, -0.05) is 22.0 Å². The van der Waals surface area contributed by atoms with Gasteiger partial charge in [0.1, 0.15) is 5.75 Å². The van der Waals surface area contributed by atoms with Crippen LogP contribution < -0.4 is 4.74 Å². The molecule has 0 saturated heterocycles. The number of ether oxygens (including phenoxy) is 1. The molecule has 0 spiro atoms. The molecule has 1 aromatic rings. The third-order valence-electron chi connectivity index (χ3n) is 1.70. The molecule has 0 atom stereocenters. The van der Waals surface area contributed by atoms with E-state index in [9.17, 15) is 4.79 Å². The highest BCUT2D eigenvalue weighted by atomic mass is 79.9. The Morgan fingerprint density at radius 3 is 2.86 bits per heavy atom. The Morgan fingerprint density at radius 1 is 1.57 bits per heavy atom. The highest BCUT2D eigenvalue weighted by molar-refractivity contribution is 9.10. The number of rotatable bonds is 4. The molecule has 3 nitrogen and oxygen atoms in total. The number of hydrogen-bond donors (Lipinski definition) is 1. The average molecular weight is 259 g/mol. The first-order valence-electron chi connectivity index (χ1n) is 4.27. The normalized spacial score (nSPS) is 9.86. The lowest BCUT2D eigenvalue weighted by atomic mass is 10.1.